The van der Waals surface area contributed by atoms with Gasteiger partial charge in [0, 0.05) is 12.7 Å². The summed E-state index contributed by atoms with van der Waals surface area (Å²) in [6, 6.07) is 12.8. The normalized spacial score (nSPS) is 11.1. The molecule has 0 unspecified atom stereocenters. The first-order valence-electron chi connectivity index (χ1n) is 9.88. The molecule has 31 heavy (non-hydrogen) atoms. The summed E-state index contributed by atoms with van der Waals surface area (Å²) < 4.78 is 3.78. The predicted octanol–water partition coefficient (Wildman–Crippen LogP) is 2.45. The number of carbonyl (C=O) groups excluding carboxylic acids is 1. The van der Waals surface area contributed by atoms with Crippen molar-refractivity contribution in [1.82, 2.24) is 18.9 Å². The van der Waals surface area contributed by atoms with Crippen molar-refractivity contribution in [2.24, 2.45) is 7.05 Å². The summed E-state index contributed by atoms with van der Waals surface area (Å²) in [5, 5.41) is 7.00. The number of benzene rings is 2. The molecule has 8 heteroatoms. The van der Waals surface area contributed by atoms with Crippen LogP contribution in [-0.4, -0.2) is 24.8 Å². The van der Waals surface area contributed by atoms with Crippen molar-refractivity contribution in [3.8, 4) is 5.69 Å². The maximum atomic E-state index is 13.3. The van der Waals surface area contributed by atoms with Gasteiger partial charge < -0.3 is 5.32 Å². The lowest BCUT2D eigenvalue weighted by Gasteiger charge is -2.14. The van der Waals surface area contributed by atoms with Crippen LogP contribution in [0.5, 0.6) is 0 Å². The van der Waals surface area contributed by atoms with E-state index in [4.69, 9.17) is 0 Å². The minimum Gasteiger partial charge on any atom is -0.324 e. The number of carbonyl (C=O) groups is 1. The number of aryl methyl sites for hydroxylation is 4. The van der Waals surface area contributed by atoms with Crippen molar-refractivity contribution >= 4 is 22.6 Å². The van der Waals surface area contributed by atoms with E-state index < -0.39 is 11.2 Å². The van der Waals surface area contributed by atoms with Crippen molar-refractivity contribution in [2.45, 2.75) is 27.3 Å². The molecule has 2 heterocycles. The second-order valence-electron chi connectivity index (χ2n) is 7.71. The fourth-order valence-corrected chi connectivity index (χ4v) is 3.57. The Morgan fingerprint density at radius 2 is 1.68 bits per heavy atom. The van der Waals surface area contributed by atoms with Gasteiger partial charge >= 0.3 is 5.69 Å². The van der Waals surface area contributed by atoms with Crippen LogP contribution in [0.2, 0.25) is 0 Å². The van der Waals surface area contributed by atoms with Crippen LogP contribution in [-0.2, 0) is 18.4 Å². The van der Waals surface area contributed by atoms with Crippen LogP contribution < -0.4 is 16.6 Å². The Labute approximate surface area is 178 Å². The topological polar surface area (TPSA) is 90.9 Å². The van der Waals surface area contributed by atoms with E-state index in [0.717, 1.165) is 21.3 Å². The van der Waals surface area contributed by atoms with Gasteiger partial charge in [-0.2, -0.15) is 5.10 Å². The van der Waals surface area contributed by atoms with E-state index in [-0.39, 0.29) is 18.0 Å². The molecule has 2 aromatic heterocycles. The summed E-state index contributed by atoms with van der Waals surface area (Å²) in [4.78, 5) is 39.3. The van der Waals surface area contributed by atoms with Crippen LogP contribution in [0.1, 0.15) is 16.7 Å². The van der Waals surface area contributed by atoms with E-state index in [1.807, 2.05) is 51.1 Å². The summed E-state index contributed by atoms with van der Waals surface area (Å²) in [5.74, 6) is -0.366. The average molecular weight is 417 g/mol. The zero-order chi connectivity index (χ0) is 22.3. The molecule has 0 atom stereocenters. The van der Waals surface area contributed by atoms with Gasteiger partial charge in [-0.05, 0) is 50.1 Å². The van der Waals surface area contributed by atoms with Gasteiger partial charge in [-0.1, -0.05) is 29.8 Å². The largest absolute Gasteiger partial charge is 0.336 e. The smallest absolute Gasteiger partial charge is 0.324 e. The molecule has 0 aliphatic heterocycles. The molecule has 4 rings (SSSR count). The quantitative estimate of drug-likeness (QED) is 0.552. The number of hydrogen-bond acceptors (Lipinski definition) is 4. The van der Waals surface area contributed by atoms with E-state index >= 15 is 0 Å². The molecule has 0 fully saturated rings. The zero-order valence-electron chi connectivity index (χ0n) is 17.8. The van der Waals surface area contributed by atoms with Crippen LogP contribution in [0, 0.1) is 20.8 Å². The molecule has 0 aliphatic carbocycles. The molecule has 8 nitrogen and oxygen atoms in total. The maximum absolute atomic E-state index is 13.3. The Bertz CT molecular complexity index is 1420. The molecule has 0 saturated heterocycles. The van der Waals surface area contributed by atoms with Crippen LogP contribution in [0.4, 0.5) is 5.69 Å². The Morgan fingerprint density at radius 3 is 2.39 bits per heavy atom. The molecule has 0 aliphatic rings. The molecular weight excluding hydrogens is 394 g/mol. The number of rotatable bonds is 4. The highest BCUT2D eigenvalue weighted by Crippen LogP contribution is 2.17. The van der Waals surface area contributed by atoms with Crippen LogP contribution in [0.25, 0.3) is 16.7 Å². The van der Waals surface area contributed by atoms with Crippen LogP contribution in [0.3, 0.4) is 0 Å². The highest BCUT2D eigenvalue weighted by atomic mass is 16.2. The zero-order valence-corrected chi connectivity index (χ0v) is 17.8. The van der Waals surface area contributed by atoms with E-state index in [1.165, 1.54) is 15.4 Å². The molecule has 4 aromatic rings. The third-order valence-corrected chi connectivity index (χ3v) is 5.30. The van der Waals surface area contributed by atoms with Crippen LogP contribution >= 0.6 is 0 Å². The molecule has 0 saturated carbocycles. The molecule has 0 radical (unpaired) electrons. The Hall–Kier alpha value is -3.94. The monoisotopic (exact) mass is 417 g/mol. The number of aromatic nitrogens is 4. The third kappa shape index (κ3) is 3.68. The SMILES string of the molecule is Cc1ccc(-n2c(=O)c3c(cnn3C)n(CC(=O)Nc3cc(C)ccc3C)c2=O)cc1. The molecule has 1 N–H and O–H groups in total. The summed E-state index contributed by atoms with van der Waals surface area (Å²) in [6.07, 6.45) is 1.43. The standard InChI is InChI=1S/C23H23N5O3/c1-14-6-9-17(10-7-14)28-22(30)21-19(12-24-26(21)4)27(23(28)31)13-20(29)25-18-11-15(2)5-8-16(18)3/h5-12H,13H2,1-4H3,(H,25,29). The number of fused-ring (bicyclic) bond motifs is 1. The Kier molecular flexibility index (Phi) is 5.06. The summed E-state index contributed by atoms with van der Waals surface area (Å²) in [7, 11) is 1.63. The van der Waals surface area contributed by atoms with E-state index in [1.54, 1.807) is 19.2 Å². The highest BCUT2D eigenvalue weighted by Gasteiger charge is 2.19. The van der Waals surface area contributed by atoms with Gasteiger partial charge in [0.05, 0.1) is 17.4 Å². The average Bonchev–Trinajstić information content (AvgIpc) is 3.11. The second kappa shape index (κ2) is 7.71. The molecule has 158 valence electrons. The first-order valence-corrected chi connectivity index (χ1v) is 9.88. The predicted molar refractivity (Wildman–Crippen MR) is 120 cm³/mol. The van der Waals surface area contributed by atoms with Crippen LogP contribution in [0.15, 0.2) is 58.3 Å². The van der Waals surface area contributed by atoms with Gasteiger partial charge in [-0.25, -0.2) is 9.36 Å². The molecule has 0 spiro atoms. The number of nitrogens with zero attached hydrogens (tertiary/aromatic N) is 4. The van der Waals surface area contributed by atoms with Gasteiger partial charge in [-0.15, -0.1) is 0 Å². The maximum Gasteiger partial charge on any atom is 0.336 e. The first-order chi connectivity index (χ1) is 14.8. The number of anilines is 1. The Morgan fingerprint density at radius 1 is 1.00 bits per heavy atom. The molecule has 0 bridgehead atoms. The van der Waals surface area contributed by atoms with Gasteiger partial charge in [0.1, 0.15) is 6.54 Å². The van der Waals surface area contributed by atoms with Crippen molar-refractivity contribution in [2.75, 3.05) is 5.32 Å². The number of nitrogens with one attached hydrogen (secondary N) is 1. The summed E-state index contributed by atoms with van der Waals surface area (Å²) in [6.45, 7) is 5.52. The van der Waals surface area contributed by atoms with Gasteiger partial charge in [0.25, 0.3) is 5.56 Å². The lowest BCUT2D eigenvalue weighted by atomic mass is 10.1. The van der Waals surface area contributed by atoms with Crippen molar-refractivity contribution < 1.29 is 4.79 Å². The van der Waals surface area contributed by atoms with Gasteiger partial charge in [0.15, 0.2) is 5.52 Å². The molecule has 1 amide bonds. The minimum absolute atomic E-state index is 0.249. The Balaban J connectivity index is 1.83. The van der Waals surface area contributed by atoms with E-state index in [2.05, 4.69) is 10.4 Å². The van der Waals surface area contributed by atoms with Crippen molar-refractivity contribution in [3.05, 3.63) is 86.2 Å². The van der Waals surface area contributed by atoms with Crippen molar-refractivity contribution in [1.29, 1.82) is 0 Å². The third-order valence-electron chi connectivity index (χ3n) is 5.30. The summed E-state index contributed by atoms with van der Waals surface area (Å²) in [5.41, 5.74) is 3.56. The highest BCUT2D eigenvalue weighted by molar-refractivity contribution is 5.92. The number of amides is 1. The fraction of sp³-hybridized carbons (Fsp3) is 0.217. The summed E-state index contributed by atoms with van der Waals surface area (Å²) >= 11 is 0. The number of hydrogen-bond donors (Lipinski definition) is 1. The fourth-order valence-electron chi connectivity index (χ4n) is 3.57. The van der Waals surface area contributed by atoms with Crippen molar-refractivity contribution in [3.63, 3.8) is 0 Å². The molecule has 2 aromatic carbocycles. The van der Waals surface area contributed by atoms with E-state index in [9.17, 15) is 14.4 Å². The van der Waals surface area contributed by atoms with E-state index in [0.29, 0.717) is 16.9 Å². The lowest BCUT2D eigenvalue weighted by Crippen LogP contribution is -2.41. The lowest BCUT2D eigenvalue weighted by molar-refractivity contribution is -0.116. The van der Waals surface area contributed by atoms with Gasteiger partial charge in [-0.3, -0.25) is 18.8 Å². The molecular formula is C23H23N5O3. The van der Waals surface area contributed by atoms with Gasteiger partial charge in [0.2, 0.25) is 5.91 Å². The first kappa shape index (κ1) is 20.3. The minimum atomic E-state index is -0.592. The second-order valence-corrected chi connectivity index (χ2v) is 7.71.